The van der Waals surface area contributed by atoms with Crippen molar-refractivity contribution in [2.45, 2.75) is 19.4 Å². The van der Waals surface area contributed by atoms with Gasteiger partial charge in [-0.3, -0.25) is 14.4 Å². The minimum Gasteiger partial charge on any atom is -0.338 e. The molecule has 2 amide bonds. The van der Waals surface area contributed by atoms with Crippen molar-refractivity contribution in [2.24, 2.45) is 7.05 Å². The van der Waals surface area contributed by atoms with Crippen LogP contribution in [0.25, 0.3) is 0 Å². The summed E-state index contributed by atoms with van der Waals surface area (Å²) in [4.78, 5) is 37.1. The molecule has 0 spiro atoms. The first-order valence-corrected chi connectivity index (χ1v) is 9.05. The summed E-state index contributed by atoms with van der Waals surface area (Å²) in [5.41, 5.74) is -0.389. The Morgan fingerprint density at radius 1 is 1.20 bits per heavy atom. The van der Waals surface area contributed by atoms with E-state index < -0.39 is 42.6 Å². The first-order chi connectivity index (χ1) is 14.0. The molecular weight excluding hydrogens is 453 g/mol. The van der Waals surface area contributed by atoms with Crippen molar-refractivity contribution in [2.75, 3.05) is 12.0 Å². The fourth-order valence-electron chi connectivity index (χ4n) is 2.66. The summed E-state index contributed by atoms with van der Waals surface area (Å²) in [5, 5.41) is 3.58. The Morgan fingerprint density at radius 3 is 2.37 bits per heavy atom. The summed E-state index contributed by atoms with van der Waals surface area (Å²) in [5.74, 6) is -4.24. The number of alkyl halides is 3. The number of amides is 2. The standard InChI is InChI=1S/C18H15Cl2F4N3O3/c1-7-12(17(29)25-8-3-4-10(22)9(19)5-8)15(20)27(2)13(7)14(28)18(30)26-11(6-21)16(23)24/h3-5,11,16H,6H2,1-2H3,(H,25,29)(H,26,30). The van der Waals surface area contributed by atoms with Crippen LogP contribution in [-0.2, 0) is 11.8 Å². The quantitative estimate of drug-likeness (QED) is 0.367. The number of halogens is 6. The Kier molecular flexibility index (Phi) is 7.49. The number of anilines is 1. The molecule has 1 atom stereocenters. The lowest BCUT2D eigenvalue weighted by Gasteiger charge is -2.14. The Hall–Kier alpha value is -2.59. The fourth-order valence-corrected chi connectivity index (χ4v) is 3.15. The zero-order valence-corrected chi connectivity index (χ0v) is 17.0. The number of ketones is 1. The van der Waals surface area contributed by atoms with Crippen LogP contribution >= 0.6 is 23.2 Å². The molecule has 0 fully saturated rings. The fraction of sp³-hybridized carbons (Fsp3) is 0.278. The van der Waals surface area contributed by atoms with Gasteiger partial charge in [0.15, 0.2) is 0 Å². The molecule has 162 valence electrons. The van der Waals surface area contributed by atoms with Crippen LogP contribution in [0.1, 0.15) is 26.4 Å². The first-order valence-electron chi connectivity index (χ1n) is 8.30. The number of carbonyl (C=O) groups is 3. The van der Waals surface area contributed by atoms with Crippen LogP contribution in [0.4, 0.5) is 23.2 Å². The summed E-state index contributed by atoms with van der Waals surface area (Å²) < 4.78 is 52.2. The summed E-state index contributed by atoms with van der Waals surface area (Å²) in [6.45, 7) is -0.254. The van der Waals surface area contributed by atoms with E-state index in [-0.39, 0.29) is 32.7 Å². The van der Waals surface area contributed by atoms with Crippen LogP contribution in [0.5, 0.6) is 0 Å². The van der Waals surface area contributed by atoms with Gasteiger partial charge in [-0.15, -0.1) is 0 Å². The lowest BCUT2D eigenvalue weighted by Crippen LogP contribution is -2.45. The van der Waals surface area contributed by atoms with Gasteiger partial charge in [-0.05, 0) is 30.7 Å². The molecule has 0 radical (unpaired) electrons. The van der Waals surface area contributed by atoms with E-state index >= 15 is 0 Å². The summed E-state index contributed by atoms with van der Waals surface area (Å²) in [7, 11) is 1.28. The maximum absolute atomic E-state index is 13.3. The van der Waals surface area contributed by atoms with Crippen molar-refractivity contribution in [3.63, 3.8) is 0 Å². The van der Waals surface area contributed by atoms with E-state index in [1.165, 1.54) is 20.0 Å². The van der Waals surface area contributed by atoms with Crippen LogP contribution in [0.15, 0.2) is 18.2 Å². The Labute approximate surface area is 178 Å². The minimum absolute atomic E-state index is 0.0118. The summed E-state index contributed by atoms with van der Waals surface area (Å²) in [6.07, 6.45) is -3.21. The maximum Gasteiger partial charge on any atom is 0.294 e. The number of Topliss-reactive ketones (excluding diaryl/α,β-unsaturated/α-hetero) is 1. The molecule has 6 nitrogen and oxygen atoms in total. The average molecular weight is 468 g/mol. The highest BCUT2D eigenvalue weighted by Crippen LogP contribution is 2.28. The van der Waals surface area contributed by atoms with Crippen LogP contribution in [0.2, 0.25) is 10.2 Å². The smallest absolute Gasteiger partial charge is 0.294 e. The lowest BCUT2D eigenvalue weighted by atomic mass is 10.1. The number of hydrogen-bond donors (Lipinski definition) is 2. The molecule has 1 heterocycles. The largest absolute Gasteiger partial charge is 0.338 e. The highest BCUT2D eigenvalue weighted by molar-refractivity contribution is 6.44. The van der Waals surface area contributed by atoms with Crippen LogP contribution in [0, 0.1) is 12.7 Å². The Bertz CT molecular complexity index is 1010. The van der Waals surface area contributed by atoms with Crippen LogP contribution in [-0.4, -0.2) is 41.3 Å². The van der Waals surface area contributed by atoms with E-state index in [9.17, 15) is 31.9 Å². The Balaban J connectivity index is 2.33. The van der Waals surface area contributed by atoms with Crippen LogP contribution < -0.4 is 10.6 Å². The van der Waals surface area contributed by atoms with Gasteiger partial charge in [0.2, 0.25) is 0 Å². The SMILES string of the molecule is Cc1c(C(=O)Nc2ccc(F)c(Cl)c2)c(Cl)n(C)c1C(=O)C(=O)NC(CF)C(F)F. The van der Waals surface area contributed by atoms with Gasteiger partial charge in [-0.25, -0.2) is 17.6 Å². The number of rotatable bonds is 7. The zero-order chi connectivity index (χ0) is 22.7. The van der Waals surface area contributed by atoms with Crippen molar-refractivity contribution < 1.29 is 31.9 Å². The number of aromatic nitrogens is 1. The second kappa shape index (κ2) is 9.48. The first kappa shape index (κ1) is 23.7. The highest BCUT2D eigenvalue weighted by atomic mass is 35.5. The van der Waals surface area contributed by atoms with Crippen molar-refractivity contribution >= 4 is 46.5 Å². The van der Waals surface area contributed by atoms with Crippen molar-refractivity contribution in [3.05, 3.63) is 51.0 Å². The predicted molar refractivity (Wildman–Crippen MR) is 103 cm³/mol. The molecule has 1 aromatic carbocycles. The molecule has 2 rings (SSSR count). The maximum atomic E-state index is 13.3. The van der Waals surface area contributed by atoms with E-state index in [0.717, 1.165) is 16.7 Å². The third kappa shape index (κ3) is 4.76. The number of nitrogens with zero attached hydrogens (tertiary/aromatic N) is 1. The van der Waals surface area contributed by atoms with Gasteiger partial charge in [0, 0.05) is 12.7 Å². The van der Waals surface area contributed by atoms with Crippen LogP contribution in [0.3, 0.4) is 0 Å². The highest BCUT2D eigenvalue weighted by Gasteiger charge is 2.32. The molecule has 1 aromatic heterocycles. The molecular formula is C18H15Cl2F4N3O3. The van der Waals surface area contributed by atoms with E-state index in [4.69, 9.17) is 23.2 Å². The second-order valence-electron chi connectivity index (χ2n) is 6.18. The summed E-state index contributed by atoms with van der Waals surface area (Å²) in [6, 6.07) is 1.28. The van der Waals surface area contributed by atoms with Gasteiger partial charge in [-0.1, -0.05) is 23.2 Å². The van der Waals surface area contributed by atoms with Gasteiger partial charge in [0.05, 0.1) is 16.3 Å². The molecule has 12 heteroatoms. The zero-order valence-electron chi connectivity index (χ0n) is 15.5. The van der Waals surface area contributed by atoms with Gasteiger partial charge in [0.25, 0.3) is 24.0 Å². The average Bonchev–Trinajstić information content (AvgIpc) is 2.90. The lowest BCUT2D eigenvalue weighted by molar-refractivity contribution is -0.119. The number of hydrogen-bond acceptors (Lipinski definition) is 3. The molecule has 0 saturated carbocycles. The molecule has 0 saturated heterocycles. The molecule has 2 N–H and O–H groups in total. The molecule has 1 unspecified atom stereocenters. The summed E-state index contributed by atoms with van der Waals surface area (Å²) >= 11 is 11.8. The molecule has 0 aliphatic heterocycles. The molecule has 30 heavy (non-hydrogen) atoms. The van der Waals surface area contributed by atoms with Crippen molar-refractivity contribution in [1.29, 1.82) is 0 Å². The van der Waals surface area contributed by atoms with Crippen molar-refractivity contribution in [1.82, 2.24) is 9.88 Å². The van der Waals surface area contributed by atoms with Gasteiger partial charge >= 0.3 is 0 Å². The van der Waals surface area contributed by atoms with Gasteiger partial charge in [0.1, 0.15) is 23.7 Å². The third-order valence-corrected chi connectivity index (χ3v) is 4.91. The number of carbonyl (C=O) groups excluding carboxylic acids is 3. The Morgan fingerprint density at radius 2 is 1.83 bits per heavy atom. The molecule has 0 aliphatic rings. The number of benzene rings is 1. The molecule has 0 aliphatic carbocycles. The van der Waals surface area contributed by atoms with Gasteiger partial charge in [-0.2, -0.15) is 0 Å². The third-order valence-electron chi connectivity index (χ3n) is 4.18. The number of nitrogens with one attached hydrogen (secondary N) is 2. The normalized spacial score (nSPS) is 12.0. The topological polar surface area (TPSA) is 80.2 Å². The second-order valence-corrected chi connectivity index (χ2v) is 6.94. The monoisotopic (exact) mass is 467 g/mol. The van der Waals surface area contributed by atoms with E-state index in [1.807, 2.05) is 0 Å². The van der Waals surface area contributed by atoms with E-state index in [2.05, 4.69) is 5.32 Å². The molecule has 0 bridgehead atoms. The van der Waals surface area contributed by atoms with Gasteiger partial charge < -0.3 is 15.2 Å². The minimum atomic E-state index is -3.21. The predicted octanol–water partition coefficient (Wildman–Crippen LogP) is 3.93. The van der Waals surface area contributed by atoms with Crippen molar-refractivity contribution in [3.8, 4) is 0 Å². The molecule has 2 aromatic rings. The van der Waals surface area contributed by atoms with E-state index in [0.29, 0.717) is 0 Å². The van der Waals surface area contributed by atoms with E-state index in [1.54, 1.807) is 5.32 Å².